The smallest absolute Gasteiger partial charge is 0.262 e. The standard InChI is InChI=1S/C21H25ClN2O5S/c1-28-20-10-9-18(30(26,27)24-11-4-2-3-5-12-24)14-19(20)23-21(25)15-29-17-8-6-7-16(22)13-17/h6-10,13-14H,2-5,11-12,15H2,1H3,(H,23,25). The van der Waals surface area contributed by atoms with Crippen molar-refractivity contribution in [2.75, 3.05) is 32.1 Å². The normalized spacial score (nSPS) is 15.3. The number of nitrogens with one attached hydrogen (secondary N) is 1. The fraction of sp³-hybridized carbons (Fsp3) is 0.381. The Morgan fingerprint density at radius 3 is 2.50 bits per heavy atom. The van der Waals surface area contributed by atoms with E-state index in [1.807, 2.05) is 0 Å². The van der Waals surface area contributed by atoms with Crippen LogP contribution in [0.5, 0.6) is 11.5 Å². The maximum Gasteiger partial charge on any atom is 0.262 e. The summed E-state index contributed by atoms with van der Waals surface area (Å²) in [6, 6.07) is 11.2. The van der Waals surface area contributed by atoms with Crippen molar-refractivity contribution in [2.45, 2.75) is 30.6 Å². The molecular weight excluding hydrogens is 428 g/mol. The van der Waals surface area contributed by atoms with E-state index in [2.05, 4.69) is 5.32 Å². The lowest BCUT2D eigenvalue weighted by Gasteiger charge is -2.21. The average Bonchev–Trinajstić information content (AvgIpc) is 3.02. The fourth-order valence-electron chi connectivity index (χ4n) is 3.27. The molecule has 1 amide bonds. The third kappa shape index (κ3) is 5.65. The largest absolute Gasteiger partial charge is 0.495 e. The van der Waals surface area contributed by atoms with Crippen molar-refractivity contribution < 1.29 is 22.7 Å². The first-order chi connectivity index (χ1) is 14.4. The molecule has 0 aromatic heterocycles. The van der Waals surface area contributed by atoms with E-state index in [-0.39, 0.29) is 17.2 Å². The van der Waals surface area contributed by atoms with Crippen molar-refractivity contribution in [2.24, 2.45) is 0 Å². The Labute approximate surface area is 182 Å². The van der Waals surface area contributed by atoms with Gasteiger partial charge in [-0.25, -0.2) is 8.42 Å². The summed E-state index contributed by atoms with van der Waals surface area (Å²) in [4.78, 5) is 12.5. The van der Waals surface area contributed by atoms with Crippen molar-refractivity contribution >= 4 is 33.2 Å². The maximum atomic E-state index is 13.1. The molecule has 162 valence electrons. The molecule has 1 N–H and O–H groups in total. The predicted octanol–water partition coefficient (Wildman–Crippen LogP) is 3.93. The highest BCUT2D eigenvalue weighted by molar-refractivity contribution is 7.89. The van der Waals surface area contributed by atoms with Gasteiger partial charge in [-0.05, 0) is 49.2 Å². The second kappa shape index (κ2) is 10.1. The minimum absolute atomic E-state index is 0.122. The number of benzene rings is 2. The van der Waals surface area contributed by atoms with E-state index in [0.717, 1.165) is 25.7 Å². The van der Waals surface area contributed by atoms with E-state index in [0.29, 0.717) is 29.6 Å². The van der Waals surface area contributed by atoms with Crippen LogP contribution >= 0.6 is 11.6 Å². The van der Waals surface area contributed by atoms with Crippen LogP contribution in [-0.4, -0.2) is 45.4 Å². The number of nitrogens with zero attached hydrogens (tertiary/aromatic N) is 1. The molecule has 1 fully saturated rings. The van der Waals surface area contributed by atoms with E-state index in [4.69, 9.17) is 21.1 Å². The van der Waals surface area contributed by atoms with Crippen LogP contribution in [0.2, 0.25) is 5.02 Å². The first-order valence-electron chi connectivity index (χ1n) is 9.76. The Morgan fingerprint density at radius 1 is 1.10 bits per heavy atom. The molecule has 7 nitrogen and oxygen atoms in total. The summed E-state index contributed by atoms with van der Waals surface area (Å²) in [7, 11) is -2.19. The van der Waals surface area contributed by atoms with Crippen LogP contribution in [0, 0.1) is 0 Å². The Kier molecular flexibility index (Phi) is 7.58. The second-order valence-electron chi connectivity index (χ2n) is 6.97. The molecule has 1 aliphatic heterocycles. The molecule has 1 saturated heterocycles. The zero-order valence-corrected chi connectivity index (χ0v) is 18.3. The van der Waals surface area contributed by atoms with Gasteiger partial charge in [0.15, 0.2) is 6.61 Å². The summed E-state index contributed by atoms with van der Waals surface area (Å²) < 4.78 is 38.3. The molecule has 1 heterocycles. The lowest BCUT2D eigenvalue weighted by molar-refractivity contribution is -0.118. The number of carbonyl (C=O) groups is 1. The third-order valence-electron chi connectivity index (χ3n) is 4.81. The fourth-order valence-corrected chi connectivity index (χ4v) is 4.99. The van der Waals surface area contributed by atoms with Gasteiger partial charge in [-0.3, -0.25) is 4.79 Å². The number of anilines is 1. The molecule has 0 unspecified atom stereocenters. The molecule has 2 aromatic carbocycles. The van der Waals surface area contributed by atoms with E-state index in [9.17, 15) is 13.2 Å². The Balaban J connectivity index is 1.74. The molecule has 0 bridgehead atoms. The molecular formula is C21H25ClN2O5S. The van der Waals surface area contributed by atoms with Crippen LogP contribution in [0.15, 0.2) is 47.4 Å². The van der Waals surface area contributed by atoms with Crippen molar-refractivity contribution in [1.82, 2.24) is 4.31 Å². The minimum Gasteiger partial charge on any atom is -0.495 e. The maximum absolute atomic E-state index is 13.1. The molecule has 0 saturated carbocycles. The van der Waals surface area contributed by atoms with Gasteiger partial charge in [0.25, 0.3) is 5.91 Å². The number of rotatable bonds is 7. The Bertz CT molecular complexity index is 989. The number of amides is 1. The summed E-state index contributed by atoms with van der Waals surface area (Å²) in [6.07, 6.45) is 3.75. The lowest BCUT2D eigenvalue weighted by Crippen LogP contribution is -2.32. The van der Waals surface area contributed by atoms with Crippen LogP contribution in [0.4, 0.5) is 5.69 Å². The van der Waals surface area contributed by atoms with Crippen molar-refractivity contribution in [1.29, 1.82) is 0 Å². The summed E-state index contributed by atoms with van der Waals surface area (Å²) in [5, 5.41) is 3.17. The van der Waals surface area contributed by atoms with Gasteiger partial charge in [0.05, 0.1) is 17.7 Å². The third-order valence-corrected chi connectivity index (χ3v) is 6.94. The Hall–Kier alpha value is -2.29. The Morgan fingerprint density at radius 2 is 1.83 bits per heavy atom. The van der Waals surface area contributed by atoms with Gasteiger partial charge in [0, 0.05) is 18.1 Å². The number of methoxy groups -OCH3 is 1. The monoisotopic (exact) mass is 452 g/mol. The van der Waals surface area contributed by atoms with Crippen molar-refractivity contribution in [3.63, 3.8) is 0 Å². The van der Waals surface area contributed by atoms with Crippen molar-refractivity contribution in [3.05, 3.63) is 47.5 Å². The first-order valence-corrected chi connectivity index (χ1v) is 11.6. The number of ether oxygens (including phenoxy) is 2. The van der Waals surface area contributed by atoms with E-state index in [1.54, 1.807) is 24.3 Å². The molecule has 30 heavy (non-hydrogen) atoms. The number of halogens is 1. The zero-order valence-electron chi connectivity index (χ0n) is 16.8. The van der Waals surface area contributed by atoms with E-state index < -0.39 is 15.9 Å². The highest BCUT2D eigenvalue weighted by Crippen LogP contribution is 2.30. The molecule has 0 radical (unpaired) electrons. The molecule has 1 aliphatic rings. The van der Waals surface area contributed by atoms with Gasteiger partial charge < -0.3 is 14.8 Å². The quantitative estimate of drug-likeness (QED) is 0.688. The molecule has 0 spiro atoms. The van der Waals surface area contributed by atoms with Gasteiger partial charge in [0.2, 0.25) is 10.0 Å². The molecule has 0 atom stereocenters. The number of carbonyl (C=O) groups excluding carboxylic acids is 1. The summed E-state index contributed by atoms with van der Waals surface area (Å²) in [6.45, 7) is 0.750. The molecule has 2 aromatic rings. The molecule has 3 rings (SSSR count). The SMILES string of the molecule is COc1ccc(S(=O)(=O)N2CCCCCC2)cc1NC(=O)COc1cccc(Cl)c1. The zero-order chi connectivity index (χ0) is 21.6. The molecule has 9 heteroatoms. The van der Waals surface area contributed by atoms with Gasteiger partial charge in [-0.1, -0.05) is 30.5 Å². The summed E-state index contributed by atoms with van der Waals surface area (Å²) in [5.74, 6) is 0.376. The first kappa shape index (κ1) is 22.4. The van der Waals surface area contributed by atoms with Crippen LogP contribution in [0.1, 0.15) is 25.7 Å². The number of hydrogen-bond acceptors (Lipinski definition) is 5. The highest BCUT2D eigenvalue weighted by Gasteiger charge is 2.26. The molecule has 0 aliphatic carbocycles. The van der Waals surface area contributed by atoms with Crippen LogP contribution < -0.4 is 14.8 Å². The van der Waals surface area contributed by atoms with Gasteiger partial charge in [-0.15, -0.1) is 0 Å². The van der Waals surface area contributed by atoms with Gasteiger partial charge >= 0.3 is 0 Å². The van der Waals surface area contributed by atoms with E-state index >= 15 is 0 Å². The number of hydrogen-bond donors (Lipinski definition) is 1. The van der Waals surface area contributed by atoms with E-state index in [1.165, 1.54) is 29.6 Å². The predicted molar refractivity (Wildman–Crippen MR) is 116 cm³/mol. The van der Waals surface area contributed by atoms with Gasteiger partial charge in [0.1, 0.15) is 11.5 Å². The van der Waals surface area contributed by atoms with Crippen LogP contribution in [-0.2, 0) is 14.8 Å². The van der Waals surface area contributed by atoms with Crippen LogP contribution in [0.3, 0.4) is 0 Å². The summed E-state index contributed by atoms with van der Waals surface area (Å²) >= 11 is 5.91. The van der Waals surface area contributed by atoms with Gasteiger partial charge in [-0.2, -0.15) is 4.31 Å². The average molecular weight is 453 g/mol. The minimum atomic E-state index is -3.65. The number of sulfonamides is 1. The highest BCUT2D eigenvalue weighted by atomic mass is 35.5. The second-order valence-corrected chi connectivity index (χ2v) is 9.35. The lowest BCUT2D eigenvalue weighted by atomic mass is 10.2. The van der Waals surface area contributed by atoms with Crippen molar-refractivity contribution in [3.8, 4) is 11.5 Å². The van der Waals surface area contributed by atoms with Crippen LogP contribution in [0.25, 0.3) is 0 Å². The summed E-state index contributed by atoms with van der Waals surface area (Å²) in [5.41, 5.74) is 0.271. The topological polar surface area (TPSA) is 84.9 Å².